The number of alkyl halides is 1. The zero-order valence-corrected chi connectivity index (χ0v) is 43.2. The minimum absolute atomic E-state index is 0.521. The van der Waals surface area contributed by atoms with Crippen LogP contribution in [0, 0.1) is 0 Å². The van der Waals surface area contributed by atoms with Crippen LogP contribution in [-0.4, -0.2) is 17.5 Å². The first kappa shape index (κ1) is 60.5. The summed E-state index contributed by atoms with van der Waals surface area (Å²) in [6.07, 6.45) is 69.1. The van der Waals surface area contributed by atoms with E-state index in [-0.39, 0.29) is 0 Å². The van der Waals surface area contributed by atoms with Crippen molar-refractivity contribution < 1.29 is 4.74 Å². The molecule has 58 heavy (non-hydrogen) atoms. The predicted octanol–water partition coefficient (Wildman–Crippen LogP) is 21.9. The predicted molar refractivity (Wildman–Crippen MR) is 272 cm³/mol. The summed E-state index contributed by atoms with van der Waals surface area (Å²) in [5.74, 6) is 0. The van der Waals surface area contributed by atoms with Crippen molar-refractivity contribution in [2.45, 2.75) is 355 Å². The van der Waals surface area contributed by atoms with Crippen molar-refractivity contribution in [2.24, 2.45) is 0 Å². The summed E-state index contributed by atoms with van der Waals surface area (Å²) in [5, 5.41) is 1.18. The molecule has 0 radical (unpaired) electrons. The Morgan fingerprint density at radius 2 is 0.379 bits per heavy atom. The molecule has 0 heterocycles. The van der Waals surface area contributed by atoms with Crippen LogP contribution >= 0.6 is 15.9 Å². The van der Waals surface area contributed by atoms with Crippen molar-refractivity contribution in [3.8, 4) is 0 Å². The molecule has 0 N–H and O–H groups in total. The van der Waals surface area contributed by atoms with Crippen LogP contribution in [0.4, 0.5) is 0 Å². The fourth-order valence-corrected chi connectivity index (χ4v) is 9.19. The largest absolute Gasteiger partial charge is 0.375 e. The van der Waals surface area contributed by atoms with Gasteiger partial charge in [0.2, 0.25) is 0 Å². The van der Waals surface area contributed by atoms with Gasteiger partial charge in [-0.25, -0.2) is 0 Å². The van der Waals surface area contributed by atoms with Crippen molar-refractivity contribution in [2.75, 3.05) is 5.33 Å². The lowest BCUT2D eigenvalue weighted by atomic mass is 9.99. The maximum Gasteiger partial charge on any atom is 0.0578 e. The van der Waals surface area contributed by atoms with E-state index in [0.29, 0.717) is 12.2 Å². The Bertz CT molecular complexity index is 611. The van der Waals surface area contributed by atoms with Gasteiger partial charge in [0.15, 0.2) is 0 Å². The molecule has 352 valence electrons. The molecule has 0 aromatic heterocycles. The van der Waals surface area contributed by atoms with Crippen LogP contribution in [0.25, 0.3) is 0 Å². The van der Waals surface area contributed by atoms with Crippen LogP contribution in [-0.2, 0) is 4.74 Å². The summed E-state index contributed by atoms with van der Waals surface area (Å²) in [6.45, 7) is 11.6. The minimum Gasteiger partial charge on any atom is -0.375 e. The molecule has 0 aromatic rings. The molecule has 0 aliphatic carbocycles. The standard InChI is InChI=1S/C44H90O.C12H25Br/c1-5-9-13-17-21-25-29-33-37-41-43(39-35-31-27-23-19-15-11-7-3)45-44(40-36-32-28-24-20-16-12-8-4)42-38-34-30-26-22-18-14-10-6-2;1-2-3-4-5-6-7-8-9-10-11-12-13/h43-44H,5-42H2,1-4H3;2-12H2,1H3. The molecule has 0 aliphatic heterocycles. The number of rotatable bonds is 50. The Balaban J connectivity index is 0. The van der Waals surface area contributed by atoms with E-state index in [1.165, 1.54) is 314 Å². The number of unbranched alkanes of at least 4 members (excludes halogenated alkanes) is 39. The van der Waals surface area contributed by atoms with E-state index in [1.54, 1.807) is 0 Å². The topological polar surface area (TPSA) is 9.23 Å². The third-order valence-corrected chi connectivity index (χ3v) is 13.5. The van der Waals surface area contributed by atoms with Crippen molar-refractivity contribution >= 4 is 15.9 Å². The van der Waals surface area contributed by atoms with Gasteiger partial charge in [-0.15, -0.1) is 0 Å². The fourth-order valence-electron chi connectivity index (χ4n) is 8.79. The highest BCUT2D eigenvalue weighted by Gasteiger charge is 2.17. The Hall–Kier alpha value is 0.440. The molecule has 1 nitrogen and oxygen atoms in total. The van der Waals surface area contributed by atoms with Crippen LogP contribution in [0.3, 0.4) is 0 Å². The van der Waals surface area contributed by atoms with E-state index in [4.69, 9.17) is 4.74 Å². The lowest BCUT2D eigenvalue weighted by Crippen LogP contribution is -2.23. The third kappa shape index (κ3) is 54.5. The molecule has 0 spiro atoms. The lowest BCUT2D eigenvalue weighted by molar-refractivity contribution is -0.0324. The Morgan fingerprint density at radius 1 is 0.224 bits per heavy atom. The van der Waals surface area contributed by atoms with Gasteiger partial charge in [0.05, 0.1) is 12.2 Å². The lowest BCUT2D eigenvalue weighted by Gasteiger charge is -2.26. The van der Waals surface area contributed by atoms with Gasteiger partial charge < -0.3 is 4.74 Å². The van der Waals surface area contributed by atoms with E-state index >= 15 is 0 Å². The molecule has 2 atom stereocenters. The number of ether oxygens (including phenoxy) is 1. The smallest absolute Gasteiger partial charge is 0.0578 e. The SMILES string of the molecule is CCCCCCCCCCCC(CCCCCCCCCC)OC(CCCCCCCCCC)CCCCCCCCCCC.CCCCCCCCCCCCBr. The monoisotopic (exact) mass is 883 g/mol. The van der Waals surface area contributed by atoms with E-state index in [9.17, 15) is 0 Å². The molecule has 2 heteroatoms. The van der Waals surface area contributed by atoms with E-state index in [1.807, 2.05) is 0 Å². The average Bonchev–Trinajstić information content (AvgIpc) is 3.23. The second-order valence-electron chi connectivity index (χ2n) is 19.0. The quantitative estimate of drug-likeness (QED) is 0.0437. The molecule has 0 saturated carbocycles. The summed E-state index contributed by atoms with van der Waals surface area (Å²) in [5.41, 5.74) is 0. The highest BCUT2D eigenvalue weighted by molar-refractivity contribution is 9.09. The third-order valence-electron chi connectivity index (χ3n) is 12.9. The van der Waals surface area contributed by atoms with Gasteiger partial charge in [-0.05, 0) is 32.1 Å². The van der Waals surface area contributed by atoms with Crippen molar-refractivity contribution in [1.82, 2.24) is 0 Å². The summed E-state index contributed by atoms with van der Waals surface area (Å²) in [4.78, 5) is 0. The van der Waals surface area contributed by atoms with Crippen LogP contribution in [0.2, 0.25) is 0 Å². The highest BCUT2D eigenvalue weighted by Crippen LogP contribution is 2.24. The first-order chi connectivity index (χ1) is 28.7. The second kappa shape index (κ2) is 57.4. The molecule has 0 aromatic carbocycles. The summed E-state index contributed by atoms with van der Waals surface area (Å²) < 4.78 is 7.11. The van der Waals surface area contributed by atoms with Crippen LogP contribution in [0.15, 0.2) is 0 Å². The van der Waals surface area contributed by atoms with Crippen LogP contribution in [0.1, 0.15) is 343 Å². The molecule has 0 fully saturated rings. The summed E-state index contributed by atoms with van der Waals surface area (Å²) >= 11 is 3.46. The molecule has 0 bridgehead atoms. The first-order valence-electron chi connectivity index (χ1n) is 27.9. The van der Waals surface area contributed by atoms with Gasteiger partial charge in [-0.3, -0.25) is 0 Å². The number of halogens is 1. The Kier molecular flexibility index (Phi) is 59.9. The average molecular weight is 884 g/mol. The summed E-state index contributed by atoms with van der Waals surface area (Å²) in [6, 6.07) is 0. The Labute approximate surface area is 379 Å². The van der Waals surface area contributed by atoms with Crippen molar-refractivity contribution in [3.63, 3.8) is 0 Å². The van der Waals surface area contributed by atoms with Gasteiger partial charge in [0.25, 0.3) is 0 Å². The van der Waals surface area contributed by atoms with Crippen LogP contribution in [0.5, 0.6) is 0 Å². The maximum atomic E-state index is 7.11. The van der Waals surface area contributed by atoms with Gasteiger partial charge in [-0.1, -0.05) is 327 Å². The molecule has 0 amide bonds. The van der Waals surface area contributed by atoms with Gasteiger partial charge in [0.1, 0.15) is 0 Å². The second-order valence-corrected chi connectivity index (χ2v) is 19.8. The van der Waals surface area contributed by atoms with E-state index in [2.05, 4.69) is 50.5 Å². The highest BCUT2D eigenvalue weighted by atomic mass is 79.9. The van der Waals surface area contributed by atoms with Gasteiger partial charge in [-0.2, -0.15) is 0 Å². The molecular weight excluding hydrogens is 769 g/mol. The van der Waals surface area contributed by atoms with Crippen molar-refractivity contribution in [3.05, 3.63) is 0 Å². The first-order valence-corrected chi connectivity index (χ1v) is 29.0. The fraction of sp³-hybridized carbons (Fsp3) is 1.00. The van der Waals surface area contributed by atoms with E-state index in [0.717, 1.165) is 0 Å². The minimum atomic E-state index is 0.521. The number of hydrogen-bond donors (Lipinski definition) is 0. The molecule has 0 aliphatic rings. The van der Waals surface area contributed by atoms with Crippen molar-refractivity contribution in [1.29, 1.82) is 0 Å². The van der Waals surface area contributed by atoms with E-state index < -0.39 is 0 Å². The zero-order chi connectivity index (χ0) is 42.5. The normalized spacial score (nSPS) is 12.5. The van der Waals surface area contributed by atoms with Gasteiger partial charge in [0, 0.05) is 5.33 Å². The van der Waals surface area contributed by atoms with Gasteiger partial charge >= 0.3 is 0 Å². The summed E-state index contributed by atoms with van der Waals surface area (Å²) in [7, 11) is 0. The molecule has 2 unspecified atom stereocenters. The number of hydrogen-bond acceptors (Lipinski definition) is 1. The Morgan fingerprint density at radius 3 is 0.552 bits per heavy atom. The molecule has 0 saturated heterocycles. The molecular formula is C56H115BrO. The molecule has 0 rings (SSSR count). The maximum absolute atomic E-state index is 7.11. The zero-order valence-electron chi connectivity index (χ0n) is 41.6. The van der Waals surface area contributed by atoms with Crippen LogP contribution < -0.4 is 0 Å².